The monoisotopic (exact) mass is 363 g/mol. The smallest absolute Gasteiger partial charge is 0.251 e. The molecule has 1 aromatic heterocycles. The summed E-state index contributed by atoms with van der Waals surface area (Å²) in [5.74, 6) is 0.963. The Morgan fingerprint density at radius 2 is 2.04 bits per heavy atom. The predicted molar refractivity (Wildman–Crippen MR) is 95.2 cm³/mol. The highest BCUT2D eigenvalue weighted by molar-refractivity contribution is 5.82. The Balaban J connectivity index is 1.51. The fraction of sp³-hybridized carbons (Fsp3) is 0.778. The summed E-state index contributed by atoms with van der Waals surface area (Å²) < 4.78 is 7.47. The SMILES string of the molecule is CC(C)n1cnnc1CN(C)C(=O)C1CCN(C(=O)C2CCCO2)CC1. The van der Waals surface area contributed by atoms with E-state index >= 15 is 0 Å². The molecule has 0 bridgehead atoms. The normalized spacial score (nSPS) is 21.4. The average Bonchev–Trinajstić information content (AvgIpc) is 3.32. The van der Waals surface area contributed by atoms with E-state index < -0.39 is 0 Å². The highest BCUT2D eigenvalue weighted by atomic mass is 16.5. The number of nitrogens with zero attached hydrogens (tertiary/aromatic N) is 5. The molecule has 2 aliphatic heterocycles. The van der Waals surface area contributed by atoms with Crippen LogP contribution in [0.4, 0.5) is 0 Å². The highest BCUT2D eigenvalue weighted by Gasteiger charge is 2.33. The maximum absolute atomic E-state index is 12.8. The molecule has 0 aliphatic carbocycles. The minimum atomic E-state index is -0.271. The first kappa shape index (κ1) is 18.8. The zero-order chi connectivity index (χ0) is 18.7. The van der Waals surface area contributed by atoms with Gasteiger partial charge in [-0.2, -0.15) is 0 Å². The summed E-state index contributed by atoms with van der Waals surface area (Å²) in [7, 11) is 1.81. The van der Waals surface area contributed by atoms with E-state index in [1.54, 1.807) is 11.2 Å². The van der Waals surface area contributed by atoms with Crippen LogP contribution in [-0.2, 0) is 20.9 Å². The molecule has 0 N–H and O–H groups in total. The van der Waals surface area contributed by atoms with Crippen molar-refractivity contribution in [3.05, 3.63) is 12.2 Å². The Hall–Kier alpha value is -1.96. The lowest BCUT2D eigenvalue weighted by Gasteiger charge is -2.34. The van der Waals surface area contributed by atoms with Crippen LogP contribution in [0, 0.1) is 5.92 Å². The van der Waals surface area contributed by atoms with Crippen molar-refractivity contribution in [1.29, 1.82) is 0 Å². The number of carbonyl (C=O) groups is 2. The van der Waals surface area contributed by atoms with Gasteiger partial charge in [0.2, 0.25) is 5.91 Å². The number of ether oxygens (including phenoxy) is 1. The molecule has 1 atom stereocenters. The number of rotatable bonds is 5. The number of aromatic nitrogens is 3. The van der Waals surface area contributed by atoms with Gasteiger partial charge in [-0.3, -0.25) is 9.59 Å². The van der Waals surface area contributed by atoms with E-state index in [4.69, 9.17) is 4.74 Å². The summed E-state index contributed by atoms with van der Waals surface area (Å²) in [6.07, 6.45) is 4.62. The summed E-state index contributed by atoms with van der Waals surface area (Å²) in [6, 6.07) is 0.260. The van der Waals surface area contributed by atoms with Gasteiger partial charge in [-0.05, 0) is 39.5 Å². The van der Waals surface area contributed by atoms with Crippen LogP contribution in [0.5, 0.6) is 0 Å². The first-order chi connectivity index (χ1) is 12.5. The van der Waals surface area contributed by atoms with Gasteiger partial charge >= 0.3 is 0 Å². The maximum atomic E-state index is 12.8. The third-order valence-electron chi connectivity index (χ3n) is 5.32. The number of hydrogen-bond donors (Lipinski definition) is 0. The van der Waals surface area contributed by atoms with E-state index in [9.17, 15) is 9.59 Å². The number of amides is 2. The minimum Gasteiger partial charge on any atom is -0.368 e. The second-order valence-electron chi connectivity index (χ2n) is 7.54. The number of likely N-dealkylation sites (tertiary alicyclic amines) is 1. The second kappa shape index (κ2) is 8.16. The molecule has 144 valence electrons. The fourth-order valence-corrected chi connectivity index (χ4v) is 3.74. The third kappa shape index (κ3) is 4.06. The van der Waals surface area contributed by atoms with Crippen molar-refractivity contribution < 1.29 is 14.3 Å². The fourth-order valence-electron chi connectivity index (χ4n) is 3.74. The van der Waals surface area contributed by atoms with Gasteiger partial charge in [0.25, 0.3) is 5.91 Å². The zero-order valence-corrected chi connectivity index (χ0v) is 15.9. The highest BCUT2D eigenvalue weighted by Crippen LogP contribution is 2.23. The van der Waals surface area contributed by atoms with Gasteiger partial charge in [0.1, 0.15) is 12.4 Å². The summed E-state index contributed by atoms with van der Waals surface area (Å²) in [5.41, 5.74) is 0. The molecule has 2 fully saturated rings. The first-order valence-corrected chi connectivity index (χ1v) is 9.51. The van der Waals surface area contributed by atoms with Crippen LogP contribution in [-0.4, -0.2) is 69.2 Å². The van der Waals surface area contributed by atoms with Crippen molar-refractivity contribution in [1.82, 2.24) is 24.6 Å². The van der Waals surface area contributed by atoms with Gasteiger partial charge in [0.05, 0.1) is 6.54 Å². The number of piperidine rings is 1. The van der Waals surface area contributed by atoms with Crippen molar-refractivity contribution >= 4 is 11.8 Å². The van der Waals surface area contributed by atoms with Crippen molar-refractivity contribution in [2.24, 2.45) is 5.92 Å². The summed E-state index contributed by atoms with van der Waals surface area (Å²) >= 11 is 0. The number of hydrogen-bond acceptors (Lipinski definition) is 5. The summed E-state index contributed by atoms with van der Waals surface area (Å²) in [6.45, 7) is 6.52. The Morgan fingerprint density at radius 3 is 2.65 bits per heavy atom. The van der Waals surface area contributed by atoms with Crippen molar-refractivity contribution in [2.75, 3.05) is 26.7 Å². The lowest BCUT2D eigenvalue weighted by atomic mass is 9.95. The molecular formula is C18H29N5O3. The van der Waals surface area contributed by atoms with E-state index in [1.807, 2.05) is 16.5 Å². The van der Waals surface area contributed by atoms with E-state index in [-0.39, 0.29) is 29.9 Å². The van der Waals surface area contributed by atoms with E-state index in [1.165, 1.54) is 0 Å². The van der Waals surface area contributed by atoms with Gasteiger partial charge in [-0.1, -0.05) is 0 Å². The van der Waals surface area contributed by atoms with Crippen LogP contribution in [0.1, 0.15) is 51.4 Å². The van der Waals surface area contributed by atoms with Gasteiger partial charge in [0.15, 0.2) is 5.82 Å². The molecule has 8 heteroatoms. The van der Waals surface area contributed by atoms with Gasteiger partial charge in [0, 0.05) is 38.7 Å². The van der Waals surface area contributed by atoms with E-state index in [2.05, 4.69) is 24.0 Å². The molecule has 26 heavy (non-hydrogen) atoms. The van der Waals surface area contributed by atoms with Crippen molar-refractivity contribution in [3.8, 4) is 0 Å². The summed E-state index contributed by atoms with van der Waals surface area (Å²) in [4.78, 5) is 28.8. The van der Waals surface area contributed by atoms with E-state index in [0.29, 0.717) is 39.1 Å². The van der Waals surface area contributed by atoms with Crippen LogP contribution in [0.25, 0.3) is 0 Å². The lowest BCUT2D eigenvalue weighted by Crippen LogP contribution is -2.46. The molecule has 2 aliphatic rings. The Bertz CT molecular complexity index is 631. The molecule has 0 aromatic carbocycles. The van der Waals surface area contributed by atoms with Crippen molar-refractivity contribution in [3.63, 3.8) is 0 Å². The lowest BCUT2D eigenvalue weighted by molar-refractivity contribution is -0.145. The molecular weight excluding hydrogens is 334 g/mol. The first-order valence-electron chi connectivity index (χ1n) is 9.51. The Labute approximate surface area is 154 Å². The van der Waals surface area contributed by atoms with Crippen LogP contribution in [0.3, 0.4) is 0 Å². The molecule has 0 spiro atoms. The quantitative estimate of drug-likeness (QED) is 0.786. The summed E-state index contributed by atoms with van der Waals surface area (Å²) in [5, 5.41) is 8.09. The van der Waals surface area contributed by atoms with Crippen LogP contribution >= 0.6 is 0 Å². The molecule has 1 aromatic rings. The molecule has 0 saturated carbocycles. The standard InChI is InChI=1S/C18H29N5O3/c1-13(2)23-12-19-20-16(23)11-21(3)17(24)14-6-8-22(9-7-14)18(25)15-5-4-10-26-15/h12-15H,4-11H2,1-3H3. The molecule has 0 radical (unpaired) electrons. The average molecular weight is 363 g/mol. The maximum Gasteiger partial charge on any atom is 0.251 e. The Kier molecular flexibility index (Phi) is 5.90. The van der Waals surface area contributed by atoms with Crippen LogP contribution < -0.4 is 0 Å². The van der Waals surface area contributed by atoms with Gasteiger partial charge in [-0.15, -0.1) is 10.2 Å². The van der Waals surface area contributed by atoms with Gasteiger partial charge in [-0.25, -0.2) is 0 Å². The largest absolute Gasteiger partial charge is 0.368 e. The molecule has 2 amide bonds. The topological polar surface area (TPSA) is 80.6 Å². The zero-order valence-electron chi connectivity index (χ0n) is 15.9. The minimum absolute atomic E-state index is 0.0380. The molecule has 3 heterocycles. The number of carbonyl (C=O) groups excluding carboxylic acids is 2. The second-order valence-corrected chi connectivity index (χ2v) is 7.54. The van der Waals surface area contributed by atoms with Gasteiger partial charge < -0.3 is 19.1 Å². The molecule has 2 saturated heterocycles. The molecule has 3 rings (SSSR count). The molecule has 1 unspecified atom stereocenters. The van der Waals surface area contributed by atoms with Crippen molar-refractivity contribution in [2.45, 2.75) is 58.2 Å². The van der Waals surface area contributed by atoms with E-state index in [0.717, 1.165) is 18.7 Å². The van der Waals surface area contributed by atoms with Crippen LogP contribution in [0.15, 0.2) is 6.33 Å². The molecule has 8 nitrogen and oxygen atoms in total. The third-order valence-corrected chi connectivity index (χ3v) is 5.32. The Morgan fingerprint density at radius 1 is 1.31 bits per heavy atom. The van der Waals surface area contributed by atoms with Crippen LogP contribution in [0.2, 0.25) is 0 Å². The predicted octanol–water partition coefficient (Wildman–Crippen LogP) is 1.23.